The first-order valence-corrected chi connectivity index (χ1v) is 8.30. The van der Waals surface area contributed by atoms with Crippen LogP contribution in [-0.2, 0) is 12.3 Å². The molecule has 0 fully saturated rings. The third-order valence-electron chi connectivity index (χ3n) is 3.27. The number of aryl methyl sites for hydroxylation is 3. The average Bonchev–Trinajstić information content (AvgIpc) is 2.90. The van der Waals surface area contributed by atoms with E-state index in [1.54, 1.807) is 11.3 Å². The smallest absolute Gasteiger partial charge is 0.119 e. The fourth-order valence-electron chi connectivity index (χ4n) is 1.90. The number of hydrogen-bond acceptors (Lipinski definition) is 3. The van der Waals surface area contributed by atoms with Crippen LogP contribution in [0.4, 0.5) is 0 Å². The summed E-state index contributed by atoms with van der Waals surface area (Å²) in [6.07, 6.45) is 3.15. The first kappa shape index (κ1) is 15.3. The summed E-state index contributed by atoms with van der Waals surface area (Å²) < 4.78 is 5.77. The summed E-state index contributed by atoms with van der Waals surface area (Å²) in [6.45, 7) is 4.98. The standard InChI is InChI=1S/C16H20ClNOS/c1-12-6-7-15(9-13(12)2)19-8-4-3-5-16-18-14(10-17)11-20-16/h6-7,9,11H,3-5,8,10H2,1-2H3. The maximum Gasteiger partial charge on any atom is 0.119 e. The summed E-state index contributed by atoms with van der Waals surface area (Å²) in [5.41, 5.74) is 3.56. The van der Waals surface area contributed by atoms with Crippen molar-refractivity contribution in [2.45, 2.75) is 39.0 Å². The van der Waals surface area contributed by atoms with Crippen LogP contribution in [0.15, 0.2) is 23.6 Å². The van der Waals surface area contributed by atoms with Crippen LogP contribution in [0, 0.1) is 13.8 Å². The Bertz CT molecular complexity index is 553. The second-order valence-corrected chi connectivity index (χ2v) is 6.13. The lowest BCUT2D eigenvalue weighted by Gasteiger charge is -2.07. The first-order chi connectivity index (χ1) is 9.69. The number of thiazole rings is 1. The topological polar surface area (TPSA) is 22.1 Å². The van der Waals surface area contributed by atoms with Gasteiger partial charge in [0.05, 0.1) is 23.2 Å². The van der Waals surface area contributed by atoms with Crippen LogP contribution in [0.1, 0.15) is 34.7 Å². The van der Waals surface area contributed by atoms with Gasteiger partial charge in [-0.25, -0.2) is 4.98 Å². The number of hydrogen-bond donors (Lipinski definition) is 0. The molecule has 0 saturated heterocycles. The van der Waals surface area contributed by atoms with E-state index in [1.165, 1.54) is 16.1 Å². The molecular formula is C16H20ClNOS. The molecule has 0 bridgehead atoms. The van der Waals surface area contributed by atoms with Gasteiger partial charge in [0.15, 0.2) is 0 Å². The zero-order valence-corrected chi connectivity index (χ0v) is 13.6. The van der Waals surface area contributed by atoms with E-state index in [0.29, 0.717) is 5.88 Å². The second-order valence-electron chi connectivity index (χ2n) is 4.92. The van der Waals surface area contributed by atoms with Gasteiger partial charge in [0, 0.05) is 5.38 Å². The minimum absolute atomic E-state index is 0.506. The van der Waals surface area contributed by atoms with Crippen molar-refractivity contribution in [3.63, 3.8) is 0 Å². The third kappa shape index (κ3) is 4.50. The minimum atomic E-state index is 0.506. The van der Waals surface area contributed by atoms with Gasteiger partial charge in [-0.1, -0.05) is 6.07 Å². The normalized spacial score (nSPS) is 10.8. The van der Waals surface area contributed by atoms with Crippen molar-refractivity contribution in [2.75, 3.05) is 6.61 Å². The van der Waals surface area contributed by atoms with Gasteiger partial charge < -0.3 is 4.74 Å². The quantitative estimate of drug-likeness (QED) is 0.536. The fourth-order valence-corrected chi connectivity index (χ4v) is 2.97. The van der Waals surface area contributed by atoms with E-state index < -0.39 is 0 Å². The summed E-state index contributed by atoms with van der Waals surface area (Å²) in [7, 11) is 0. The van der Waals surface area contributed by atoms with E-state index >= 15 is 0 Å². The molecule has 2 aromatic rings. The summed E-state index contributed by atoms with van der Waals surface area (Å²) in [5, 5.41) is 3.21. The fraction of sp³-hybridized carbons (Fsp3) is 0.438. The van der Waals surface area contributed by atoms with Gasteiger partial charge in [0.25, 0.3) is 0 Å². The van der Waals surface area contributed by atoms with E-state index in [1.807, 2.05) is 11.4 Å². The molecule has 108 valence electrons. The molecule has 1 aromatic heterocycles. The third-order valence-corrected chi connectivity index (χ3v) is 4.50. The Morgan fingerprint density at radius 2 is 2.05 bits per heavy atom. The molecule has 1 aromatic carbocycles. The van der Waals surface area contributed by atoms with Crippen molar-refractivity contribution in [3.8, 4) is 5.75 Å². The maximum atomic E-state index is 5.77. The van der Waals surface area contributed by atoms with Crippen LogP contribution in [0.3, 0.4) is 0 Å². The van der Waals surface area contributed by atoms with Crippen molar-refractivity contribution in [2.24, 2.45) is 0 Å². The largest absolute Gasteiger partial charge is 0.494 e. The van der Waals surface area contributed by atoms with Crippen LogP contribution in [-0.4, -0.2) is 11.6 Å². The minimum Gasteiger partial charge on any atom is -0.494 e. The Labute approximate surface area is 129 Å². The number of nitrogens with zero attached hydrogens (tertiary/aromatic N) is 1. The van der Waals surface area contributed by atoms with Crippen LogP contribution < -0.4 is 4.74 Å². The molecule has 2 rings (SSSR count). The van der Waals surface area contributed by atoms with Crippen molar-refractivity contribution in [1.82, 2.24) is 4.98 Å². The molecule has 4 heteroatoms. The van der Waals surface area contributed by atoms with Crippen molar-refractivity contribution in [3.05, 3.63) is 45.4 Å². The Kier molecular flexibility index (Phi) is 5.86. The highest BCUT2D eigenvalue weighted by Crippen LogP contribution is 2.17. The van der Waals surface area contributed by atoms with Crippen molar-refractivity contribution in [1.29, 1.82) is 0 Å². The predicted molar refractivity (Wildman–Crippen MR) is 86.0 cm³/mol. The number of halogens is 1. The molecule has 20 heavy (non-hydrogen) atoms. The van der Waals surface area contributed by atoms with Gasteiger partial charge in [-0.05, 0) is 56.4 Å². The molecule has 2 nitrogen and oxygen atoms in total. The second kappa shape index (κ2) is 7.65. The lowest BCUT2D eigenvalue weighted by Crippen LogP contribution is -1.99. The van der Waals surface area contributed by atoms with Gasteiger partial charge in [0.1, 0.15) is 5.75 Å². The van der Waals surface area contributed by atoms with E-state index in [0.717, 1.165) is 37.3 Å². The highest BCUT2D eigenvalue weighted by molar-refractivity contribution is 7.09. The summed E-state index contributed by atoms with van der Waals surface area (Å²) in [4.78, 5) is 4.45. The van der Waals surface area contributed by atoms with E-state index in [2.05, 4.69) is 31.0 Å². The Morgan fingerprint density at radius 1 is 1.20 bits per heavy atom. The summed E-state index contributed by atoms with van der Waals surface area (Å²) >= 11 is 7.44. The molecular weight excluding hydrogens is 290 g/mol. The first-order valence-electron chi connectivity index (χ1n) is 6.88. The number of unbranched alkanes of at least 4 members (excludes halogenated alkanes) is 1. The Balaban J connectivity index is 1.67. The summed E-state index contributed by atoms with van der Waals surface area (Å²) in [6, 6.07) is 6.24. The van der Waals surface area contributed by atoms with Gasteiger partial charge in [-0.2, -0.15) is 0 Å². The van der Waals surface area contributed by atoms with Crippen molar-refractivity contribution >= 4 is 22.9 Å². The molecule has 0 radical (unpaired) electrons. The zero-order chi connectivity index (χ0) is 14.4. The number of rotatable bonds is 7. The monoisotopic (exact) mass is 309 g/mol. The lowest BCUT2D eigenvalue weighted by molar-refractivity contribution is 0.306. The molecule has 0 unspecified atom stereocenters. The predicted octanol–water partition coefficient (Wildman–Crippen LogP) is 4.90. The van der Waals surface area contributed by atoms with Gasteiger partial charge in [0.2, 0.25) is 0 Å². The van der Waals surface area contributed by atoms with E-state index in [9.17, 15) is 0 Å². The molecule has 0 aliphatic rings. The van der Waals surface area contributed by atoms with Crippen molar-refractivity contribution < 1.29 is 4.74 Å². The molecule has 0 aliphatic heterocycles. The maximum absolute atomic E-state index is 5.77. The van der Waals surface area contributed by atoms with E-state index in [-0.39, 0.29) is 0 Å². The molecule has 0 atom stereocenters. The van der Waals surface area contributed by atoms with Crippen LogP contribution in [0.2, 0.25) is 0 Å². The van der Waals surface area contributed by atoms with E-state index in [4.69, 9.17) is 16.3 Å². The van der Waals surface area contributed by atoms with Gasteiger partial charge >= 0.3 is 0 Å². The number of aromatic nitrogens is 1. The Hall–Kier alpha value is -1.06. The van der Waals surface area contributed by atoms with Gasteiger partial charge in [-0.3, -0.25) is 0 Å². The number of benzene rings is 1. The van der Waals surface area contributed by atoms with Crippen LogP contribution in [0.25, 0.3) is 0 Å². The molecule has 1 heterocycles. The SMILES string of the molecule is Cc1ccc(OCCCCc2nc(CCl)cs2)cc1C. The van der Waals surface area contributed by atoms with Crippen LogP contribution >= 0.6 is 22.9 Å². The molecule has 0 aliphatic carbocycles. The number of alkyl halides is 1. The molecule has 0 N–H and O–H groups in total. The molecule has 0 saturated carbocycles. The molecule has 0 spiro atoms. The lowest BCUT2D eigenvalue weighted by atomic mass is 10.1. The Morgan fingerprint density at radius 3 is 2.75 bits per heavy atom. The highest BCUT2D eigenvalue weighted by atomic mass is 35.5. The zero-order valence-electron chi connectivity index (χ0n) is 12.0. The number of ether oxygens (including phenoxy) is 1. The summed E-state index contributed by atoms with van der Waals surface area (Å²) in [5.74, 6) is 1.47. The average molecular weight is 310 g/mol. The molecule has 0 amide bonds. The highest BCUT2D eigenvalue weighted by Gasteiger charge is 2.01. The van der Waals surface area contributed by atoms with Crippen LogP contribution in [0.5, 0.6) is 5.75 Å². The van der Waals surface area contributed by atoms with Gasteiger partial charge in [-0.15, -0.1) is 22.9 Å².